The highest BCUT2D eigenvalue weighted by Crippen LogP contribution is 2.29. The van der Waals surface area contributed by atoms with E-state index in [4.69, 9.17) is 23.2 Å². The van der Waals surface area contributed by atoms with E-state index >= 15 is 0 Å². The van der Waals surface area contributed by atoms with Crippen molar-refractivity contribution >= 4 is 50.4 Å². The van der Waals surface area contributed by atoms with E-state index in [2.05, 4.69) is 0 Å². The van der Waals surface area contributed by atoms with Crippen molar-refractivity contribution in [1.29, 1.82) is 0 Å². The fourth-order valence-electron chi connectivity index (χ4n) is 2.07. The average Bonchev–Trinajstić information content (AvgIpc) is 2.87. The number of Topliss-reactive ketones (excluding diaryl/α,β-unsaturated/α-hetero) is 1. The summed E-state index contributed by atoms with van der Waals surface area (Å²) in [5, 5.41) is 2.16. The average molecular weight is 321 g/mol. The summed E-state index contributed by atoms with van der Waals surface area (Å²) in [4.78, 5) is 13.1. The van der Waals surface area contributed by atoms with E-state index in [1.165, 1.54) is 11.3 Å². The number of benzene rings is 2. The van der Waals surface area contributed by atoms with Crippen LogP contribution >= 0.6 is 34.5 Å². The van der Waals surface area contributed by atoms with Gasteiger partial charge in [-0.25, -0.2) is 0 Å². The summed E-state index contributed by atoms with van der Waals surface area (Å²) in [6.45, 7) is 0. The molecule has 2 aromatic carbocycles. The Hall–Kier alpha value is -1.35. The molecule has 0 spiro atoms. The zero-order valence-corrected chi connectivity index (χ0v) is 12.7. The predicted molar refractivity (Wildman–Crippen MR) is 86.3 cm³/mol. The molecule has 1 aromatic heterocycles. The largest absolute Gasteiger partial charge is 0.293 e. The molecule has 0 aliphatic heterocycles. The normalized spacial score (nSPS) is 10.9. The van der Waals surface area contributed by atoms with E-state index in [0.717, 1.165) is 15.0 Å². The predicted octanol–water partition coefficient (Wildman–Crippen LogP) is 5.63. The molecule has 0 fully saturated rings. The molecule has 0 atom stereocenters. The first-order chi connectivity index (χ1) is 9.65. The molecule has 0 unspecified atom stereocenters. The van der Waals surface area contributed by atoms with Gasteiger partial charge in [0.25, 0.3) is 0 Å². The first kappa shape index (κ1) is 13.6. The van der Waals surface area contributed by atoms with Crippen LogP contribution < -0.4 is 0 Å². The number of halogens is 2. The van der Waals surface area contributed by atoms with Crippen LogP contribution in [0.1, 0.15) is 15.2 Å². The molecule has 0 saturated heterocycles. The molecule has 0 saturated carbocycles. The molecule has 20 heavy (non-hydrogen) atoms. The topological polar surface area (TPSA) is 17.1 Å². The molecule has 100 valence electrons. The second kappa shape index (κ2) is 5.57. The molecule has 1 nitrogen and oxygen atoms in total. The van der Waals surface area contributed by atoms with Crippen LogP contribution in [0, 0.1) is 0 Å². The molecular weight excluding hydrogens is 311 g/mol. The van der Waals surface area contributed by atoms with Crippen molar-refractivity contribution < 1.29 is 4.79 Å². The number of carbonyl (C=O) groups is 1. The molecular formula is C16H10Cl2OS. The summed E-state index contributed by atoms with van der Waals surface area (Å²) >= 11 is 13.7. The van der Waals surface area contributed by atoms with Crippen LogP contribution in [0.3, 0.4) is 0 Å². The molecule has 0 radical (unpaired) electrons. The highest BCUT2D eigenvalue weighted by Gasteiger charge is 2.14. The third-order valence-corrected chi connectivity index (χ3v) is 4.96. The van der Waals surface area contributed by atoms with Gasteiger partial charge in [0, 0.05) is 21.2 Å². The van der Waals surface area contributed by atoms with E-state index in [1.54, 1.807) is 18.2 Å². The summed E-state index contributed by atoms with van der Waals surface area (Å²) in [5.41, 5.74) is 0.693. The molecule has 0 N–H and O–H groups in total. The summed E-state index contributed by atoms with van der Waals surface area (Å²) in [5.74, 6) is 0.0428. The van der Waals surface area contributed by atoms with E-state index in [-0.39, 0.29) is 12.2 Å². The summed E-state index contributed by atoms with van der Waals surface area (Å²) in [6, 6.07) is 15.2. The van der Waals surface area contributed by atoms with Gasteiger partial charge < -0.3 is 0 Å². The Morgan fingerprint density at radius 2 is 1.70 bits per heavy atom. The van der Waals surface area contributed by atoms with Crippen LogP contribution in [0.4, 0.5) is 0 Å². The minimum absolute atomic E-state index is 0.0428. The third-order valence-electron chi connectivity index (χ3n) is 3.10. The number of hydrogen-bond acceptors (Lipinski definition) is 2. The second-order valence-corrected chi connectivity index (χ2v) is 6.35. The van der Waals surface area contributed by atoms with Gasteiger partial charge in [0.15, 0.2) is 5.78 Å². The van der Waals surface area contributed by atoms with Crippen molar-refractivity contribution in [3.8, 4) is 0 Å². The van der Waals surface area contributed by atoms with Gasteiger partial charge in [0.2, 0.25) is 0 Å². The van der Waals surface area contributed by atoms with Gasteiger partial charge in [0.05, 0.1) is 4.88 Å². The lowest BCUT2D eigenvalue weighted by molar-refractivity contribution is 0.0997. The van der Waals surface area contributed by atoms with Crippen LogP contribution in [-0.2, 0) is 6.42 Å². The van der Waals surface area contributed by atoms with E-state index in [0.29, 0.717) is 15.6 Å². The minimum Gasteiger partial charge on any atom is -0.293 e. The maximum absolute atomic E-state index is 12.4. The Kier molecular flexibility index (Phi) is 3.79. The zero-order valence-electron chi connectivity index (χ0n) is 10.4. The molecule has 1 heterocycles. The molecule has 4 heteroatoms. The van der Waals surface area contributed by atoms with Gasteiger partial charge in [-0.1, -0.05) is 47.5 Å². The quantitative estimate of drug-likeness (QED) is 0.571. The Morgan fingerprint density at radius 3 is 2.40 bits per heavy atom. The van der Waals surface area contributed by atoms with Crippen molar-refractivity contribution in [2.24, 2.45) is 0 Å². The Morgan fingerprint density at radius 1 is 1.00 bits per heavy atom. The Bertz CT molecular complexity index is 739. The van der Waals surface area contributed by atoms with Crippen LogP contribution in [0.15, 0.2) is 48.5 Å². The summed E-state index contributed by atoms with van der Waals surface area (Å²) in [7, 11) is 0. The number of thiophene rings is 1. The Balaban J connectivity index is 1.93. The van der Waals surface area contributed by atoms with Gasteiger partial charge in [-0.05, 0) is 35.2 Å². The molecule has 0 aliphatic rings. The number of fused-ring (bicyclic) bond motifs is 1. The second-order valence-electron chi connectivity index (χ2n) is 4.45. The van der Waals surface area contributed by atoms with Crippen molar-refractivity contribution in [3.05, 3.63) is 69.0 Å². The third kappa shape index (κ3) is 2.59. The van der Waals surface area contributed by atoms with Gasteiger partial charge in [-0.15, -0.1) is 11.3 Å². The monoisotopic (exact) mass is 320 g/mol. The zero-order chi connectivity index (χ0) is 14.1. The van der Waals surface area contributed by atoms with Crippen LogP contribution in [0.25, 0.3) is 10.1 Å². The molecule has 0 aliphatic carbocycles. The lowest BCUT2D eigenvalue weighted by atomic mass is 10.1. The van der Waals surface area contributed by atoms with Crippen molar-refractivity contribution in [1.82, 2.24) is 0 Å². The van der Waals surface area contributed by atoms with Crippen LogP contribution in [0.5, 0.6) is 0 Å². The standard InChI is InChI=1S/C16H10Cl2OS/c17-12-5-3-6-13(18)11(12)9-14(19)16-8-10-4-1-2-7-15(10)20-16/h1-8H,9H2. The van der Waals surface area contributed by atoms with Crippen molar-refractivity contribution in [2.75, 3.05) is 0 Å². The van der Waals surface area contributed by atoms with Crippen LogP contribution in [0.2, 0.25) is 10.0 Å². The lowest BCUT2D eigenvalue weighted by Crippen LogP contribution is -2.02. The number of hydrogen-bond donors (Lipinski definition) is 0. The molecule has 3 rings (SSSR count). The molecule has 3 aromatic rings. The van der Waals surface area contributed by atoms with Gasteiger partial charge in [-0.2, -0.15) is 0 Å². The van der Waals surface area contributed by atoms with Crippen molar-refractivity contribution in [2.45, 2.75) is 6.42 Å². The fourth-order valence-corrected chi connectivity index (χ4v) is 3.60. The molecule has 0 amide bonds. The van der Waals surface area contributed by atoms with Gasteiger partial charge in [-0.3, -0.25) is 4.79 Å². The number of carbonyl (C=O) groups excluding carboxylic acids is 1. The first-order valence-corrected chi connectivity index (χ1v) is 7.67. The van der Waals surface area contributed by atoms with Crippen molar-refractivity contribution in [3.63, 3.8) is 0 Å². The van der Waals surface area contributed by atoms with Gasteiger partial charge >= 0.3 is 0 Å². The fraction of sp³-hybridized carbons (Fsp3) is 0.0625. The highest BCUT2D eigenvalue weighted by atomic mass is 35.5. The minimum atomic E-state index is 0.0428. The highest BCUT2D eigenvalue weighted by molar-refractivity contribution is 7.20. The van der Waals surface area contributed by atoms with E-state index in [9.17, 15) is 4.79 Å². The van der Waals surface area contributed by atoms with Gasteiger partial charge in [0.1, 0.15) is 0 Å². The number of rotatable bonds is 3. The Labute approximate surface area is 130 Å². The summed E-state index contributed by atoms with van der Waals surface area (Å²) < 4.78 is 1.11. The maximum atomic E-state index is 12.4. The maximum Gasteiger partial charge on any atom is 0.177 e. The first-order valence-electron chi connectivity index (χ1n) is 6.10. The smallest absolute Gasteiger partial charge is 0.177 e. The lowest BCUT2D eigenvalue weighted by Gasteiger charge is -2.04. The van der Waals surface area contributed by atoms with Crippen LogP contribution in [-0.4, -0.2) is 5.78 Å². The van der Waals surface area contributed by atoms with E-state index < -0.39 is 0 Å². The number of ketones is 1. The SMILES string of the molecule is O=C(Cc1c(Cl)cccc1Cl)c1cc2ccccc2s1. The molecule has 0 bridgehead atoms. The summed E-state index contributed by atoms with van der Waals surface area (Å²) in [6.07, 6.45) is 0.228. The van der Waals surface area contributed by atoms with E-state index in [1.807, 2.05) is 30.3 Å².